The van der Waals surface area contributed by atoms with Gasteiger partial charge in [-0.15, -0.1) is 0 Å². The molecule has 1 aromatic rings. The van der Waals surface area contributed by atoms with Gasteiger partial charge >= 0.3 is 11.7 Å². The van der Waals surface area contributed by atoms with Crippen molar-refractivity contribution in [3.05, 3.63) is 27.4 Å². The van der Waals surface area contributed by atoms with Crippen molar-refractivity contribution in [2.24, 2.45) is 11.8 Å². The molecule has 0 radical (unpaired) electrons. The zero-order valence-corrected chi connectivity index (χ0v) is 12.9. The van der Waals surface area contributed by atoms with E-state index in [1.54, 1.807) is 18.4 Å². The predicted octanol–water partition coefficient (Wildman–Crippen LogP) is 2.17. The number of carboxylic acids is 1. The summed E-state index contributed by atoms with van der Waals surface area (Å²) in [5.41, 5.74) is 2.12. The summed E-state index contributed by atoms with van der Waals surface area (Å²) in [7, 11) is 0. The van der Waals surface area contributed by atoms with Crippen molar-refractivity contribution in [3.63, 3.8) is 0 Å². The minimum atomic E-state index is -0.830. The van der Waals surface area contributed by atoms with E-state index in [1.165, 1.54) is 0 Å². The number of hydrogen-bond acceptors (Lipinski definition) is 3. The van der Waals surface area contributed by atoms with Gasteiger partial charge in [0.15, 0.2) is 0 Å². The van der Waals surface area contributed by atoms with E-state index in [9.17, 15) is 9.59 Å². The Hall–Kier alpha value is -1.65. The Bertz CT molecular complexity index is 547. The second-order valence-corrected chi connectivity index (χ2v) is 5.82. The van der Waals surface area contributed by atoms with E-state index in [2.05, 4.69) is 18.8 Å². The molecule has 0 aromatic carbocycles. The van der Waals surface area contributed by atoms with Crippen LogP contribution in [0.2, 0.25) is 0 Å². The van der Waals surface area contributed by atoms with Crippen LogP contribution in [0, 0.1) is 25.7 Å². The smallest absolute Gasteiger partial charge is 0.347 e. The molecule has 0 aliphatic rings. The first-order chi connectivity index (χ1) is 9.23. The summed E-state index contributed by atoms with van der Waals surface area (Å²) in [6.45, 7) is 10.2. The molecule has 0 saturated carbocycles. The third-order valence-electron chi connectivity index (χ3n) is 3.63. The Morgan fingerprint density at radius 3 is 2.40 bits per heavy atom. The number of aryl methyl sites for hydroxylation is 1. The predicted molar refractivity (Wildman–Crippen MR) is 77.9 cm³/mol. The number of nitrogens with zero attached hydrogens (tertiary/aromatic N) is 2. The lowest BCUT2D eigenvalue weighted by atomic mass is 9.98. The maximum atomic E-state index is 12.0. The van der Waals surface area contributed by atoms with E-state index in [0.29, 0.717) is 24.6 Å². The van der Waals surface area contributed by atoms with Crippen molar-refractivity contribution >= 4 is 5.97 Å². The SMILES string of the molecule is Cc1nc(=O)n(CCC(C)C)c(C)c1CC(C)C(=O)O. The molecule has 1 heterocycles. The van der Waals surface area contributed by atoms with Gasteiger partial charge in [0.25, 0.3) is 0 Å². The first-order valence-electron chi connectivity index (χ1n) is 7.03. The van der Waals surface area contributed by atoms with Crippen LogP contribution in [-0.4, -0.2) is 20.6 Å². The highest BCUT2D eigenvalue weighted by Crippen LogP contribution is 2.16. The molecule has 1 atom stereocenters. The zero-order chi connectivity index (χ0) is 15.4. The fourth-order valence-corrected chi connectivity index (χ4v) is 2.18. The number of carbonyl (C=O) groups is 1. The highest BCUT2D eigenvalue weighted by molar-refractivity contribution is 5.70. The van der Waals surface area contributed by atoms with E-state index >= 15 is 0 Å². The van der Waals surface area contributed by atoms with E-state index in [0.717, 1.165) is 17.7 Å². The number of aromatic nitrogens is 2. The third-order valence-corrected chi connectivity index (χ3v) is 3.63. The van der Waals surface area contributed by atoms with Crippen LogP contribution in [0.15, 0.2) is 4.79 Å². The topological polar surface area (TPSA) is 72.2 Å². The van der Waals surface area contributed by atoms with Gasteiger partial charge in [0.1, 0.15) is 0 Å². The number of rotatable bonds is 6. The molecule has 0 aliphatic heterocycles. The van der Waals surface area contributed by atoms with Crippen molar-refractivity contribution in [3.8, 4) is 0 Å². The fourth-order valence-electron chi connectivity index (χ4n) is 2.18. The number of aliphatic carboxylic acids is 1. The molecular weight excluding hydrogens is 256 g/mol. The molecule has 1 rings (SSSR count). The van der Waals surface area contributed by atoms with Crippen LogP contribution in [0.25, 0.3) is 0 Å². The van der Waals surface area contributed by atoms with Gasteiger partial charge in [-0.3, -0.25) is 9.36 Å². The summed E-state index contributed by atoms with van der Waals surface area (Å²) in [4.78, 5) is 27.0. The van der Waals surface area contributed by atoms with Crippen molar-refractivity contribution in [1.29, 1.82) is 0 Å². The Morgan fingerprint density at radius 2 is 1.90 bits per heavy atom. The molecule has 1 N–H and O–H groups in total. The summed E-state index contributed by atoms with van der Waals surface area (Å²) in [6, 6.07) is 0. The van der Waals surface area contributed by atoms with E-state index < -0.39 is 11.9 Å². The average molecular weight is 280 g/mol. The van der Waals surface area contributed by atoms with Crippen molar-refractivity contribution < 1.29 is 9.90 Å². The summed E-state index contributed by atoms with van der Waals surface area (Å²) in [5.74, 6) is -0.807. The highest BCUT2D eigenvalue weighted by Gasteiger charge is 2.18. The molecule has 0 bridgehead atoms. The van der Waals surface area contributed by atoms with Gasteiger partial charge in [-0.25, -0.2) is 4.79 Å². The summed E-state index contributed by atoms with van der Waals surface area (Å²) < 4.78 is 1.66. The molecule has 1 unspecified atom stereocenters. The van der Waals surface area contributed by atoms with Gasteiger partial charge in [0, 0.05) is 17.9 Å². The number of hydrogen-bond donors (Lipinski definition) is 1. The van der Waals surface area contributed by atoms with Crippen molar-refractivity contribution in [1.82, 2.24) is 9.55 Å². The van der Waals surface area contributed by atoms with E-state index in [1.807, 2.05) is 6.92 Å². The fraction of sp³-hybridized carbons (Fsp3) is 0.667. The van der Waals surface area contributed by atoms with Crippen LogP contribution in [0.1, 0.15) is 44.1 Å². The van der Waals surface area contributed by atoms with Gasteiger partial charge in [-0.1, -0.05) is 20.8 Å². The van der Waals surface area contributed by atoms with Crippen LogP contribution in [0.3, 0.4) is 0 Å². The van der Waals surface area contributed by atoms with Crippen molar-refractivity contribution in [2.45, 2.75) is 54.0 Å². The highest BCUT2D eigenvalue weighted by atomic mass is 16.4. The molecule has 0 saturated heterocycles. The molecule has 0 fully saturated rings. The lowest BCUT2D eigenvalue weighted by Gasteiger charge is -2.17. The first kappa shape index (κ1) is 16.4. The van der Waals surface area contributed by atoms with Crippen LogP contribution in [-0.2, 0) is 17.8 Å². The molecule has 5 heteroatoms. The lowest BCUT2D eigenvalue weighted by molar-refractivity contribution is -0.141. The molecule has 5 nitrogen and oxygen atoms in total. The zero-order valence-electron chi connectivity index (χ0n) is 12.9. The van der Waals surface area contributed by atoms with Crippen molar-refractivity contribution in [2.75, 3.05) is 0 Å². The largest absolute Gasteiger partial charge is 0.481 e. The van der Waals surface area contributed by atoms with Gasteiger partial charge in [-0.2, -0.15) is 4.98 Å². The maximum absolute atomic E-state index is 12.0. The van der Waals surface area contributed by atoms with Crippen LogP contribution in [0.5, 0.6) is 0 Å². The quantitative estimate of drug-likeness (QED) is 0.866. The summed E-state index contributed by atoms with van der Waals surface area (Å²) in [6.07, 6.45) is 1.31. The second kappa shape index (κ2) is 6.68. The first-order valence-corrected chi connectivity index (χ1v) is 7.03. The summed E-state index contributed by atoms with van der Waals surface area (Å²) >= 11 is 0. The molecule has 1 aromatic heterocycles. The van der Waals surface area contributed by atoms with Gasteiger partial charge in [0.05, 0.1) is 5.92 Å². The lowest BCUT2D eigenvalue weighted by Crippen LogP contribution is -2.29. The van der Waals surface area contributed by atoms with Crippen LogP contribution < -0.4 is 5.69 Å². The molecule has 112 valence electrons. The second-order valence-electron chi connectivity index (χ2n) is 5.82. The monoisotopic (exact) mass is 280 g/mol. The Morgan fingerprint density at radius 1 is 1.30 bits per heavy atom. The van der Waals surface area contributed by atoms with E-state index in [-0.39, 0.29) is 5.69 Å². The molecule has 0 spiro atoms. The third kappa shape index (κ3) is 3.92. The maximum Gasteiger partial charge on any atom is 0.347 e. The number of carboxylic acid groups (broad SMARTS) is 1. The summed E-state index contributed by atoms with van der Waals surface area (Å²) in [5, 5.41) is 9.04. The van der Waals surface area contributed by atoms with Crippen LogP contribution >= 0.6 is 0 Å². The molecule has 0 aliphatic carbocycles. The molecule has 0 amide bonds. The Kier molecular flexibility index (Phi) is 5.48. The van der Waals surface area contributed by atoms with Gasteiger partial charge in [0.2, 0.25) is 0 Å². The van der Waals surface area contributed by atoms with E-state index in [4.69, 9.17) is 5.11 Å². The molecule has 20 heavy (non-hydrogen) atoms. The standard InChI is InChI=1S/C15H24N2O3/c1-9(2)6-7-17-12(5)13(8-10(3)14(18)19)11(4)16-15(17)20/h9-10H,6-8H2,1-5H3,(H,18,19). The minimum Gasteiger partial charge on any atom is -0.481 e. The average Bonchev–Trinajstić information content (AvgIpc) is 2.33. The van der Waals surface area contributed by atoms with Crippen LogP contribution in [0.4, 0.5) is 0 Å². The Balaban J connectivity index is 3.15. The van der Waals surface area contributed by atoms with Gasteiger partial charge < -0.3 is 5.11 Å². The Labute approximate surface area is 119 Å². The normalized spacial score (nSPS) is 12.7. The van der Waals surface area contributed by atoms with Gasteiger partial charge in [-0.05, 0) is 38.2 Å². The molecular formula is C15H24N2O3. The minimum absolute atomic E-state index is 0.243.